The largest absolute Gasteiger partial charge is 0.489 e. The molecule has 0 aliphatic carbocycles. The molecule has 0 bridgehead atoms. The Morgan fingerprint density at radius 2 is 1.34 bits per heavy atom. The highest BCUT2D eigenvalue weighted by atomic mass is 16.5. The van der Waals surface area contributed by atoms with Gasteiger partial charge in [0.2, 0.25) is 0 Å². The predicted octanol–water partition coefficient (Wildman–Crippen LogP) is 10.3. The van der Waals surface area contributed by atoms with Crippen LogP contribution in [0.4, 0.5) is 9.59 Å². The number of hydrogen-bond donors (Lipinski definition) is 2. The van der Waals surface area contributed by atoms with Crippen LogP contribution in [0.15, 0.2) is 84.9 Å². The van der Waals surface area contributed by atoms with E-state index >= 15 is 0 Å². The minimum absolute atomic E-state index is 0.0321. The van der Waals surface area contributed by atoms with Gasteiger partial charge in [0.1, 0.15) is 12.4 Å². The molecule has 0 saturated heterocycles. The average molecular weight is 643 g/mol. The zero-order chi connectivity index (χ0) is 34.0. The van der Waals surface area contributed by atoms with Crippen LogP contribution >= 0.6 is 0 Å². The summed E-state index contributed by atoms with van der Waals surface area (Å²) in [6.07, 6.45) is 9.16. The first-order chi connectivity index (χ1) is 22.7. The van der Waals surface area contributed by atoms with Crippen LogP contribution in [0.25, 0.3) is 6.08 Å². The highest BCUT2D eigenvalue weighted by Crippen LogP contribution is 2.36. The SMILES string of the molecule is CC(C)N(CC[C@H](c1ccccc1)c1cc(C=CCCCCCCCCN(C(=O)O)C(=O)O)ccc1OCc1ccccc1)C(C)C. The van der Waals surface area contributed by atoms with Gasteiger partial charge in [-0.3, -0.25) is 4.90 Å². The second-order valence-corrected chi connectivity index (χ2v) is 12.8. The maximum atomic E-state index is 11.0. The van der Waals surface area contributed by atoms with Crippen molar-refractivity contribution in [1.29, 1.82) is 0 Å². The van der Waals surface area contributed by atoms with E-state index in [1.807, 2.05) is 18.2 Å². The van der Waals surface area contributed by atoms with Gasteiger partial charge in [0, 0.05) is 30.1 Å². The van der Waals surface area contributed by atoms with Crippen molar-refractivity contribution >= 4 is 18.3 Å². The van der Waals surface area contributed by atoms with E-state index in [4.69, 9.17) is 14.9 Å². The van der Waals surface area contributed by atoms with Gasteiger partial charge >= 0.3 is 12.2 Å². The lowest BCUT2D eigenvalue weighted by molar-refractivity contribution is 0.122. The van der Waals surface area contributed by atoms with Crippen molar-refractivity contribution in [2.24, 2.45) is 0 Å². The van der Waals surface area contributed by atoms with Crippen LogP contribution in [0.3, 0.4) is 0 Å². The van der Waals surface area contributed by atoms with Crippen LogP contribution in [0.2, 0.25) is 0 Å². The number of amides is 2. The summed E-state index contributed by atoms with van der Waals surface area (Å²) in [4.78, 5) is 24.9. The maximum absolute atomic E-state index is 11.0. The molecular formula is C40H54N2O5. The monoisotopic (exact) mass is 642 g/mol. The Kier molecular flexibility index (Phi) is 16.1. The van der Waals surface area contributed by atoms with E-state index in [9.17, 15) is 9.59 Å². The summed E-state index contributed by atoms with van der Waals surface area (Å²) >= 11 is 0. The van der Waals surface area contributed by atoms with E-state index in [1.54, 1.807) is 0 Å². The van der Waals surface area contributed by atoms with Crippen molar-refractivity contribution in [2.45, 2.75) is 104 Å². The zero-order valence-electron chi connectivity index (χ0n) is 28.7. The van der Waals surface area contributed by atoms with Crippen LogP contribution in [-0.2, 0) is 6.61 Å². The maximum Gasteiger partial charge on any atom is 0.416 e. The molecule has 7 nitrogen and oxygen atoms in total. The van der Waals surface area contributed by atoms with Crippen molar-refractivity contribution < 1.29 is 24.5 Å². The average Bonchev–Trinajstić information content (AvgIpc) is 3.05. The van der Waals surface area contributed by atoms with Crippen molar-refractivity contribution in [3.63, 3.8) is 0 Å². The third-order valence-electron chi connectivity index (χ3n) is 8.63. The number of benzene rings is 3. The third-order valence-corrected chi connectivity index (χ3v) is 8.63. The number of nitrogens with zero attached hydrogens (tertiary/aromatic N) is 2. The van der Waals surface area contributed by atoms with Gasteiger partial charge in [0.25, 0.3) is 0 Å². The molecule has 3 rings (SSSR count). The number of imide groups is 1. The Bertz CT molecular complexity index is 1350. The molecule has 0 radical (unpaired) electrons. The predicted molar refractivity (Wildman–Crippen MR) is 191 cm³/mol. The molecule has 0 heterocycles. The molecule has 0 aliphatic rings. The van der Waals surface area contributed by atoms with Crippen molar-refractivity contribution in [1.82, 2.24) is 9.80 Å². The van der Waals surface area contributed by atoms with E-state index < -0.39 is 12.2 Å². The molecule has 0 aliphatic heterocycles. The molecule has 2 amide bonds. The molecule has 1 atom stereocenters. The fourth-order valence-corrected chi connectivity index (χ4v) is 6.12. The van der Waals surface area contributed by atoms with Crippen molar-refractivity contribution in [2.75, 3.05) is 13.1 Å². The van der Waals surface area contributed by atoms with Gasteiger partial charge in [0.15, 0.2) is 0 Å². The third kappa shape index (κ3) is 12.9. The standard InChI is InChI=1S/C40H54N2O5/c1-31(2)41(32(3)4)28-26-36(35-22-16-12-17-23-35)37-29-33(24-25-38(37)47-30-34-20-14-11-15-21-34)19-13-9-7-5-6-8-10-18-27-42(39(43)44)40(45)46/h11-17,19-25,29,31-32,36H,5-10,18,26-28,30H2,1-4H3,(H,43,44)(H,45,46)/t36-/m1/s1. The Hall–Kier alpha value is -4.10. The van der Waals surface area contributed by atoms with E-state index in [1.165, 1.54) is 16.7 Å². The fraction of sp³-hybridized carbons (Fsp3) is 0.450. The Labute approximate surface area is 281 Å². The van der Waals surface area contributed by atoms with Gasteiger partial charge < -0.3 is 14.9 Å². The molecule has 3 aromatic rings. The zero-order valence-corrected chi connectivity index (χ0v) is 28.7. The lowest BCUT2D eigenvalue weighted by Crippen LogP contribution is -2.38. The first-order valence-electron chi connectivity index (χ1n) is 17.2. The smallest absolute Gasteiger partial charge is 0.416 e. The quantitative estimate of drug-likeness (QED) is 0.119. The highest BCUT2D eigenvalue weighted by molar-refractivity contribution is 5.85. The topological polar surface area (TPSA) is 90.3 Å². The van der Waals surface area contributed by atoms with Gasteiger partial charge in [0.05, 0.1) is 0 Å². The molecule has 47 heavy (non-hydrogen) atoms. The summed E-state index contributed by atoms with van der Waals surface area (Å²) in [5, 5.41) is 17.9. The van der Waals surface area contributed by atoms with Gasteiger partial charge in [-0.05, 0) is 88.7 Å². The molecule has 254 valence electrons. The number of ether oxygens (including phenoxy) is 1. The van der Waals surface area contributed by atoms with E-state index in [2.05, 4.69) is 105 Å². The number of allylic oxidation sites excluding steroid dienone is 1. The van der Waals surface area contributed by atoms with Crippen molar-refractivity contribution in [3.05, 3.63) is 107 Å². The van der Waals surface area contributed by atoms with Gasteiger partial charge in [-0.15, -0.1) is 0 Å². The number of hydrogen-bond acceptors (Lipinski definition) is 4. The summed E-state index contributed by atoms with van der Waals surface area (Å²) in [5.74, 6) is 1.11. The summed E-state index contributed by atoms with van der Waals surface area (Å²) in [6, 6.07) is 28.6. The van der Waals surface area contributed by atoms with Gasteiger partial charge in [-0.1, -0.05) is 105 Å². The second-order valence-electron chi connectivity index (χ2n) is 12.8. The summed E-state index contributed by atoms with van der Waals surface area (Å²) in [6.45, 7) is 10.6. The van der Waals surface area contributed by atoms with E-state index in [0.29, 0.717) is 30.0 Å². The number of unbranched alkanes of at least 4 members (excludes halogenated alkanes) is 6. The van der Waals surface area contributed by atoms with Gasteiger partial charge in [-0.25, -0.2) is 14.5 Å². The van der Waals surface area contributed by atoms with Gasteiger partial charge in [-0.2, -0.15) is 0 Å². The number of carbonyl (C=O) groups is 2. The Balaban J connectivity index is 1.68. The minimum atomic E-state index is -1.41. The molecular weight excluding hydrogens is 588 g/mol. The molecule has 0 aromatic heterocycles. The minimum Gasteiger partial charge on any atom is -0.489 e. The molecule has 0 unspecified atom stereocenters. The lowest BCUT2D eigenvalue weighted by atomic mass is 9.86. The molecule has 0 saturated carbocycles. The van der Waals surface area contributed by atoms with Crippen LogP contribution < -0.4 is 4.74 Å². The number of carboxylic acid groups (broad SMARTS) is 2. The van der Waals surface area contributed by atoms with Crippen LogP contribution in [0.1, 0.15) is 107 Å². The van der Waals surface area contributed by atoms with E-state index in [0.717, 1.165) is 62.8 Å². The van der Waals surface area contributed by atoms with Crippen molar-refractivity contribution in [3.8, 4) is 5.75 Å². The first-order valence-corrected chi connectivity index (χ1v) is 17.2. The number of rotatable bonds is 20. The van der Waals surface area contributed by atoms with Crippen LogP contribution in [0, 0.1) is 0 Å². The summed E-state index contributed by atoms with van der Waals surface area (Å²) < 4.78 is 6.52. The second kappa shape index (κ2) is 20.2. The molecule has 0 spiro atoms. The van der Waals surface area contributed by atoms with Crippen LogP contribution in [-0.4, -0.2) is 57.4 Å². The molecule has 3 aromatic carbocycles. The highest BCUT2D eigenvalue weighted by Gasteiger charge is 2.22. The lowest BCUT2D eigenvalue weighted by Gasteiger charge is -2.32. The molecule has 0 fully saturated rings. The van der Waals surface area contributed by atoms with Crippen LogP contribution in [0.5, 0.6) is 5.75 Å². The normalized spacial score (nSPS) is 12.2. The first kappa shape index (κ1) is 37.4. The summed E-state index contributed by atoms with van der Waals surface area (Å²) in [7, 11) is 0. The Morgan fingerprint density at radius 1 is 0.745 bits per heavy atom. The summed E-state index contributed by atoms with van der Waals surface area (Å²) in [5.41, 5.74) is 4.82. The fourth-order valence-electron chi connectivity index (χ4n) is 6.12. The molecule has 7 heteroatoms. The van der Waals surface area contributed by atoms with E-state index in [-0.39, 0.29) is 12.5 Å². The molecule has 2 N–H and O–H groups in total. The Morgan fingerprint density at radius 3 is 1.96 bits per heavy atom.